The molecule has 2 saturated heterocycles. The van der Waals surface area contributed by atoms with Crippen molar-refractivity contribution in [3.05, 3.63) is 47.2 Å². The fourth-order valence-electron chi connectivity index (χ4n) is 4.41. The standard InChI is InChI=1S/C23H26N6O10S2/c1-12(30)39-10-14-11-40-20-16(19(32)29(20)17(14)21(33)34)25-18(31)15(13-6-4-3-5-7-13)26-22(35)27-8-9-28(23(27)36)41(37,38)24-2/h3-7,15-16,20,24H,8-11H2,1-2H3,(H,25,31)(H,26,35)(H,33,34)/t15-,16?,20-/m1/s1. The highest BCUT2D eigenvalue weighted by Crippen LogP contribution is 2.40. The molecule has 3 aliphatic rings. The smallest absolute Gasteiger partial charge is 0.352 e. The molecule has 0 aromatic heterocycles. The van der Waals surface area contributed by atoms with E-state index in [1.54, 1.807) is 18.2 Å². The number of carboxylic acid groups (broad SMARTS) is 1. The largest absolute Gasteiger partial charge is 0.477 e. The molecule has 3 atom stereocenters. The van der Waals surface area contributed by atoms with Crippen molar-refractivity contribution < 1.29 is 47.0 Å². The molecule has 6 amide bonds. The minimum atomic E-state index is -4.14. The first-order chi connectivity index (χ1) is 19.4. The van der Waals surface area contributed by atoms with Crippen LogP contribution in [0.2, 0.25) is 0 Å². The summed E-state index contributed by atoms with van der Waals surface area (Å²) in [5, 5.41) is 13.9. The van der Waals surface area contributed by atoms with Crippen LogP contribution in [0.5, 0.6) is 0 Å². The lowest BCUT2D eigenvalue weighted by Gasteiger charge is -2.49. The van der Waals surface area contributed by atoms with Gasteiger partial charge in [0.15, 0.2) is 0 Å². The summed E-state index contributed by atoms with van der Waals surface area (Å²) in [6.07, 6.45) is 0. The van der Waals surface area contributed by atoms with Crippen LogP contribution in [-0.2, 0) is 34.1 Å². The summed E-state index contributed by atoms with van der Waals surface area (Å²) in [6.45, 7) is 0.315. The van der Waals surface area contributed by atoms with Crippen molar-refractivity contribution in [2.75, 3.05) is 32.5 Å². The molecule has 1 aromatic carbocycles. The highest BCUT2D eigenvalue weighted by atomic mass is 32.2. The number of carbonyl (C=O) groups is 6. The number of benzene rings is 1. The number of urea groups is 2. The number of carboxylic acids is 1. The second-order valence-electron chi connectivity index (χ2n) is 8.94. The highest BCUT2D eigenvalue weighted by Gasteiger charge is 2.54. The molecule has 0 saturated carbocycles. The Kier molecular flexibility index (Phi) is 8.55. The van der Waals surface area contributed by atoms with Gasteiger partial charge in [-0.3, -0.25) is 19.3 Å². The van der Waals surface area contributed by atoms with Crippen molar-refractivity contribution in [3.8, 4) is 0 Å². The SMILES string of the molecule is CNS(=O)(=O)N1CCN(C(=O)N[C@@H](C(=O)NC2C(=O)N3C(C(=O)O)=C(COC(C)=O)CS[C@H]23)c2ccccc2)C1=O. The third kappa shape index (κ3) is 5.84. The third-order valence-electron chi connectivity index (χ3n) is 6.42. The van der Waals surface area contributed by atoms with E-state index in [1.807, 2.05) is 4.72 Å². The normalized spacial score (nSPS) is 21.2. The first kappa shape index (κ1) is 29.8. The molecular formula is C23H26N6O10S2. The summed E-state index contributed by atoms with van der Waals surface area (Å²) in [4.78, 5) is 76.8. The van der Waals surface area contributed by atoms with Crippen molar-refractivity contribution in [3.63, 3.8) is 0 Å². The molecular weight excluding hydrogens is 584 g/mol. The van der Waals surface area contributed by atoms with E-state index < -0.39 is 63.5 Å². The Labute approximate surface area is 238 Å². The van der Waals surface area contributed by atoms with Crippen LogP contribution in [0.25, 0.3) is 0 Å². The fraction of sp³-hybridized carbons (Fsp3) is 0.391. The quantitative estimate of drug-likeness (QED) is 0.195. The summed E-state index contributed by atoms with van der Waals surface area (Å²) in [6, 6.07) is 3.27. The zero-order chi connectivity index (χ0) is 30.1. The minimum absolute atomic E-state index is 0.123. The van der Waals surface area contributed by atoms with E-state index in [0.29, 0.717) is 14.8 Å². The predicted octanol–water partition coefficient (Wildman–Crippen LogP) is -1.06. The summed E-state index contributed by atoms with van der Waals surface area (Å²) < 4.78 is 31.5. The number of imide groups is 1. The molecule has 4 rings (SSSR count). The van der Waals surface area contributed by atoms with Crippen LogP contribution in [0.1, 0.15) is 18.5 Å². The summed E-state index contributed by atoms with van der Waals surface area (Å²) in [7, 11) is -3.03. The van der Waals surface area contributed by atoms with Crippen LogP contribution < -0.4 is 15.4 Å². The van der Waals surface area contributed by atoms with E-state index >= 15 is 0 Å². The number of fused-ring (bicyclic) bond motifs is 1. The van der Waals surface area contributed by atoms with E-state index in [0.717, 1.165) is 23.7 Å². The Morgan fingerprint density at radius 1 is 1.15 bits per heavy atom. The van der Waals surface area contributed by atoms with Gasteiger partial charge >= 0.3 is 34.2 Å². The second-order valence-corrected chi connectivity index (χ2v) is 11.8. The molecule has 3 aliphatic heterocycles. The topological polar surface area (TPSA) is 212 Å². The number of thioether (sulfide) groups is 1. The number of hydrogen-bond donors (Lipinski definition) is 4. The molecule has 4 N–H and O–H groups in total. The lowest BCUT2D eigenvalue weighted by molar-refractivity contribution is -0.151. The molecule has 0 aliphatic carbocycles. The van der Waals surface area contributed by atoms with Crippen molar-refractivity contribution in [1.29, 1.82) is 0 Å². The molecule has 1 aromatic rings. The number of ether oxygens (including phenoxy) is 1. The Bertz CT molecular complexity index is 1430. The number of hydrogen-bond acceptors (Lipinski definition) is 10. The maximum atomic E-state index is 13.4. The molecule has 16 nitrogen and oxygen atoms in total. The van der Waals surface area contributed by atoms with Crippen molar-refractivity contribution in [1.82, 2.24) is 29.5 Å². The van der Waals surface area contributed by atoms with Gasteiger partial charge in [0.05, 0.1) is 13.1 Å². The molecule has 0 spiro atoms. The third-order valence-corrected chi connectivity index (χ3v) is 9.20. The number of aliphatic carboxylic acids is 1. The second kappa shape index (κ2) is 11.8. The molecule has 2 fully saturated rings. The highest BCUT2D eigenvalue weighted by molar-refractivity contribution is 8.00. The van der Waals surface area contributed by atoms with Gasteiger partial charge in [-0.1, -0.05) is 30.3 Å². The van der Waals surface area contributed by atoms with Crippen LogP contribution >= 0.6 is 11.8 Å². The Balaban J connectivity index is 1.51. The first-order valence-electron chi connectivity index (χ1n) is 12.1. The van der Waals surface area contributed by atoms with Crippen molar-refractivity contribution in [2.45, 2.75) is 24.4 Å². The number of amides is 6. The first-order valence-corrected chi connectivity index (χ1v) is 14.6. The minimum Gasteiger partial charge on any atom is -0.477 e. The maximum absolute atomic E-state index is 13.4. The van der Waals surface area contributed by atoms with Crippen LogP contribution in [0.4, 0.5) is 9.59 Å². The van der Waals surface area contributed by atoms with Gasteiger partial charge in [-0.2, -0.15) is 8.42 Å². The van der Waals surface area contributed by atoms with Gasteiger partial charge in [0, 0.05) is 25.3 Å². The fourth-order valence-corrected chi connectivity index (χ4v) is 6.58. The number of esters is 1. The van der Waals surface area contributed by atoms with E-state index in [2.05, 4.69) is 10.6 Å². The lowest BCUT2D eigenvalue weighted by Crippen LogP contribution is -2.71. The van der Waals surface area contributed by atoms with Crippen LogP contribution in [0.15, 0.2) is 41.6 Å². The number of nitrogens with zero attached hydrogens (tertiary/aromatic N) is 3. The molecule has 3 heterocycles. The maximum Gasteiger partial charge on any atom is 0.352 e. The van der Waals surface area contributed by atoms with E-state index in [-0.39, 0.29) is 36.7 Å². The Morgan fingerprint density at radius 2 is 1.83 bits per heavy atom. The molecule has 0 radical (unpaired) electrons. The molecule has 0 bridgehead atoms. The summed E-state index contributed by atoms with van der Waals surface area (Å²) in [5.41, 5.74) is 0.206. The van der Waals surface area contributed by atoms with E-state index in [1.165, 1.54) is 19.1 Å². The number of nitrogens with one attached hydrogen (secondary N) is 3. The molecule has 220 valence electrons. The van der Waals surface area contributed by atoms with E-state index in [9.17, 15) is 42.3 Å². The molecule has 18 heteroatoms. The predicted molar refractivity (Wildman–Crippen MR) is 141 cm³/mol. The van der Waals surface area contributed by atoms with Crippen LogP contribution in [0.3, 0.4) is 0 Å². The van der Waals surface area contributed by atoms with Gasteiger partial charge in [-0.05, 0) is 5.56 Å². The van der Waals surface area contributed by atoms with Gasteiger partial charge in [0.1, 0.15) is 29.8 Å². The van der Waals surface area contributed by atoms with Gasteiger partial charge in [0.25, 0.3) is 5.91 Å². The Morgan fingerprint density at radius 3 is 2.44 bits per heavy atom. The molecule has 41 heavy (non-hydrogen) atoms. The van der Waals surface area contributed by atoms with Crippen LogP contribution in [-0.4, -0.2) is 107 Å². The zero-order valence-electron chi connectivity index (χ0n) is 21.7. The average Bonchev–Trinajstić information content (AvgIpc) is 3.35. The van der Waals surface area contributed by atoms with Crippen molar-refractivity contribution >= 4 is 57.8 Å². The van der Waals surface area contributed by atoms with Crippen molar-refractivity contribution in [2.24, 2.45) is 0 Å². The average molecular weight is 611 g/mol. The van der Waals surface area contributed by atoms with Crippen LogP contribution in [0, 0.1) is 0 Å². The summed E-state index contributed by atoms with van der Waals surface area (Å²) in [5.74, 6) is -3.42. The molecule has 1 unspecified atom stereocenters. The van der Waals surface area contributed by atoms with Gasteiger partial charge in [0.2, 0.25) is 5.91 Å². The van der Waals surface area contributed by atoms with Gasteiger partial charge < -0.3 is 20.5 Å². The number of β-lactam (4-membered cyclic amide) rings is 1. The summed E-state index contributed by atoms with van der Waals surface area (Å²) >= 11 is 1.16. The lowest BCUT2D eigenvalue weighted by atomic mass is 10.0. The van der Waals surface area contributed by atoms with Gasteiger partial charge in [-0.25, -0.2) is 28.3 Å². The van der Waals surface area contributed by atoms with E-state index in [4.69, 9.17) is 4.74 Å². The van der Waals surface area contributed by atoms with Gasteiger partial charge in [-0.15, -0.1) is 11.8 Å². The monoisotopic (exact) mass is 610 g/mol. The number of carbonyl (C=O) groups excluding carboxylic acids is 5. The zero-order valence-corrected chi connectivity index (χ0v) is 23.4. The number of rotatable bonds is 9. The Hall–Kier alpha value is -4.16.